The Labute approximate surface area is 188 Å². The van der Waals surface area contributed by atoms with Crippen molar-refractivity contribution in [1.82, 2.24) is 25.1 Å². The minimum absolute atomic E-state index is 0.0851. The summed E-state index contributed by atoms with van der Waals surface area (Å²) in [5, 5.41) is 12.0. The summed E-state index contributed by atoms with van der Waals surface area (Å²) in [6, 6.07) is 17.6. The first-order valence-corrected chi connectivity index (χ1v) is 11.1. The summed E-state index contributed by atoms with van der Waals surface area (Å²) >= 11 is 6.90. The predicted molar refractivity (Wildman–Crippen MR) is 122 cm³/mol. The number of rotatable bonds is 9. The number of thiophene rings is 1. The second kappa shape index (κ2) is 10.1. The van der Waals surface area contributed by atoms with E-state index in [2.05, 4.69) is 20.5 Å². The topological polar surface area (TPSA) is 84.8 Å². The summed E-state index contributed by atoms with van der Waals surface area (Å²) < 4.78 is 8.20. The number of carbonyl (C=O) groups is 1. The first-order chi connectivity index (χ1) is 15.2. The highest BCUT2D eigenvalue weighted by Gasteiger charge is 2.12. The van der Waals surface area contributed by atoms with Gasteiger partial charge in [0, 0.05) is 31.3 Å². The predicted octanol–water partition coefficient (Wildman–Crippen LogP) is 4.35. The molecule has 0 aliphatic rings. The maximum atomic E-state index is 12.5. The van der Waals surface area contributed by atoms with Crippen molar-refractivity contribution < 1.29 is 9.53 Å². The fourth-order valence-electron chi connectivity index (χ4n) is 3.03. The number of benzene rings is 1. The van der Waals surface area contributed by atoms with Crippen LogP contribution in [0.15, 0.2) is 66.2 Å². The molecule has 0 unspecified atom stereocenters. The van der Waals surface area contributed by atoms with Crippen molar-refractivity contribution in [2.45, 2.75) is 26.1 Å². The lowest BCUT2D eigenvalue weighted by Crippen LogP contribution is -2.24. The van der Waals surface area contributed by atoms with Crippen molar-refractivity contribution in [3.63, 3.8) is 0 Å². The molecular formula is C22H21N5O2S2. The van der Waals surface area contributed by atoms with Crippen LogP contribution in [-0.4, -0.2) is 25.7 Å². The van der Waals surface area contributed by atoms with Gasteiger partial charge in [-0.2, -0.15) is 5.10 Å². The highest BCUT2D eigenvalue weighted by atomic mass is 32.1. The Morgan fingerprint density at radius 3 is 2.84 bits per heavy atom. The van der Waals surface area contributed by atoms with Crippen LogP contribution in [0.4, 0.5) is 0 Å². The molecule has 0 radical (unpaired) electrons. The number of carbonyl (C=O) groups excluding carboxylic acids is 1. The van der Waals surface area contributed by atoms with Crippen LogP contribution in [-0.2, 0) is 24.5 Å². The third-order valence-electron chi connectivity index (χ3n) is 4.61. The third-order valence-corrected chi connectivity index (χ3v) is 5.78. The molecule has 1 amide bonds. The molecular weight excluding hydrogens is 430 g/mol. The lowest BCUT2D eigenvalue weighted by molar-refractivity contribution is -0.121. The van der Waals surface area contributed by atoms with E-state index in [1.807, 2.05) is 64.5 Å². The van der Waals surface area contributed by atoms with Crippen LogP contribution in [0.3, 0.4) is 0 Å². The summed E-state index contributed by atoms with van der Waals surface area (Å²) in [5.74, 6) is 1.18. The van der Waals surface area contributed by atoms with Crippen LogP contribution < -0.4 is 10.1 Å². The second-order valence-corrected chi connectivity index (χ2v) is 8.08. The van der Waals surface area contributed by atoms with Crippen LogP contribution in [0.5, 0.6) is 5.88 Å². The van der Waals surface area contributed by atoms with E-state index in [0.29, 0.717) is 30.3 Å². The van der Waals surface area contributed by atoms with Crippen molar-refractivity contribution >= 4 is 29.5 Å². The van der Waals surface area contributed by atoms with Gasteiger partial charge in [0.2, 0.25) is 11.8 Å². The Kier molecular flexibility index (Phi) is 6.85. The fraction of sp³-hybridized carbons (Fsp3) is 0.182. The van der Waals surface area contributed by atoms with Crippen molar-refractivity contribution in [1.29, 1.82) is 0 Å². The number of amides is 1. The molecule has 0 atom stereocenters. The van der Waals surface area contributed by atoms with Gasteiger partial charge >= 0.3 is 0 Å². The first kappa shape index (κ1) is 21.0. The normalized spacial score (nSPS) is 10.7. The van der Waals surface area contributed by atoms with E-state index in [9.17, 15) is 4.79 Å². The number of aromatic amines is 1. The summed E-state index contributed by atoms with van der Waals surface area (Å²) in [6.07, 6.45) is 1.96. The smallest absolute Gasteiger partial charge is 0.222 e. The zero-order valence-corrected chi connectivity index (χ0v) is 18.3. The fourth-order valence-corrected chi connectivity index (χ4v) is 3.97. The van der Waals surface area contributed by atoms with Gasteiger partial charge in [-0.1, -0.05) is 42.5 Å². The summed E-state index contributed by atoms with van der Waals surface area (Å²) in [4.78, 5) is 17.8. The number of hydrogen-bond acceptors (Lipinski definition) is 6. The molecule has 7 nitrogen and oxygen atoms in total. The van der Waals surface area contributed by atoms with Crippen LogP contribution in [0, 0.1) is 4.77 Å². The van der Waals surface area contributed by atoms with Gasteiger partial charge in [-0.15, -0.1) is 11.3 Å². The van der Waals surface area contributed by atoms with Gasteiger partial charge in [0.05, 0.1) is 4.88 Å². The Morgan fingerprint density at radius 2 is 2.03 bits per heavy atom. The second-order valence-electron chi connectivity index (χ2n) is 6.75. The SMILES string of the molecule is O=C(CCn1c(-c2cccs2)n[nH]c1=S)NCc1cccnc1OCc1ccccc1. The third kappa shape index (κ3) is 5.44. The Bertz CT molecular complexity index is 1190. The average molecular weight is 452 g/mol. The molecule has 158 valence electrons. The molecule has 9 heteroatoms. The van der Waals surface area contributed by atoms with E-state index < -0.39 is 0 Å². The number of nitrogens with one attached hydrogen (secondary N) is 2. The lowest BCUT2D eigenvalue weighted by atomic mass is 10.2. The molecule has 4 aromatic rings. The van der Waals surface area contributed by atoms with Gasteiger partial charge in [-0.3, -0.25) is 14.5 Å². The van der Waals surface area contributed by atoms with E-state index in [0.717, 1.165) is 21.8 Å². The molecule has 2 N–H and O–H groups in total. The molecule has 0 fully saturated rings. The number of hydrogen-bond donors (Lipinski definition) is 2. The van der Waals surface area contributed by atoms with Crippen LogP contribution in [0.2, 0.25) is 0 Å². The zero-order valence-electron chi connectivity index (χ0n) is 16.7. The molecule has 0 spiro atoms. The van der Waals surface area contributed by atoms with Gasteiger partial charge in [-0.05, 0) is 35.3 Å². The van der Waals surface area contributed by atoms with E-state index >= 15 is 0 Å². The van der Waals surface area contributed by atoms with Crippen molar-refractivity contribution in [2.24, 2.45) is 0 Å². The highest BCUT2D eigenvalue weighted by molar-refractivity contribution is 7.71. The quantitative estimate of drug-likeness (QED) is 0.370. The Hall–Kier alpha value is -3.30. The highest BCUT2D eigenvalue weighted by Crippen LogP contribution is 2.23. The molecule has 4 rings (SSSR count). The molecule has 31 heavy (non-hydrogen) atoms. The number of aromatic nitrogens is 4. The molecule has 3 aromatic heterocycles. The number of nitrogens with zero attached hydrogens (tertiary/aromatic N) is 3. The van der Waals surface area contributed by atoms with E-state index in [-0.39, 0.29) is 12.3 Å². The van der Waals surface area contributed by atoms with E-state index in [1.54, 1.807) is 17.5 Å². The molecule has 0 aliphatic heterocycles. The van der Waals surface area contributed by atoms with Crippen molar-refractivity contribution in [2.75, 3.05) is 0 Å². The maximum Gasteiger partial charge on any atom is 0.222 e. The first-order valence-electron chi connectivity index (χ1n) is 9.77. The van der Waals surface area contributed by atoms with Crippen LogP contribution >= 0.6 is 23.6 Å². The summed E-state index contributed by atoms with van der Waals surface area (Å²) in [5.41, 5.74) is 1.88. The summed E-state index contributed by atoms with van der Waals surface area (Å²) in [6.45, 7) is 1.20. The molecule has 3 heterocycles. The standard InChI is InChI=1S/C22H21N5O2S2/c28-19(10-12-27-20(25-26-22(27)30)18-9-5-13-31-18)24-14-17-8-4-11-23-21(17)29-15-16-6-2-1-3-7-16/h1-9,11,13H,10,12,14-15H2,(H,24,28)(H,26,30). The van der Waals surface area contributed by atoms with Crippen molar-refractivity contribution in [3.05, 3.63) is 82.1 Å². The zero-order chi connectivity index (χ0) is 21.5. The maximum absolute atomic E-state index is 12.5. The molecule has 0 saturated heterocycles. The van der Waals surface area contributed by atoms with Gasteiger partial charge in [0.1, 0.15) is 6.61 Å². The number of ether oxygens (including phenoxy) is 1. The van der Waals surface area contributed by atoms with E-state index in [4.69, 9.17) is 17.0 Å². The average Bonchev–Trinajstić information content (AvgIpc) is 3.46. The molecule has 1 aromatic carbocycles. The largest absolute Gasteiger partial charge is 0.473 e. The van der Waals surface area contributed by atoms with Gasteiger partial charge in [0.25, 0.3) is 0 Å². The van der Waals surface area contributed by atoms with Gasteiger partial charge in [0.15, 0.2) is 10.6 Å². The molecule has 0 aliphatic carbocycles. The minimum atomic E-state index is -0.0851. The Balaban J connectivity index is 1.33. The van der Waals surface area contributed by atoms with Crippen LogP contribution in [0.1, 0.15) is 17.5 Å². The van der Waals surface area contributed by atoms with Crippen LogP contribution in [0.25, 0.3) is 10.7 Å². The molecule has 0 saturated carbocycles. The minimum Gasteiger partial charge on any atom is -0.473 e. The monoisotopic (exact) mass is 451 g/mol. The van der Waals surface area contributed by atoms with E-state index in [1.165, 1.54) is 0 Å². The number of H-pyrrole nitrogens is 1. The van der Waals surface area contributed by atoms with Gasteiger partial charge in [-0.25, -0.2) is 4.98 Å². The molecule has 0 bridgehead atoms. The lowest BCUT2D eigenvalue weighted by Gasteiger charge is -2.11. The Morgan fingerprint density at radius 1 is 1.16 bits per heavy atom. The van der Waals surface area contributed by atoms with Crippen molar-refractivity contribution in [3.8, 4) is 16.6 Å². The summed E-state index contributed by atoms with van der Waals surface area (Å²) in [7, 11) is 0. The number of pyridine rings is 1. The van der Waals surface area contributed by atoms with Gasteiger partial charge < -0.3 is 10.1 Å².